The molecule has 1 unspecified atom stereocenters. The van der Waals surface area contributed by atoms with Gasteiger partial charge in [0, 0.05) is 18.3 Å². The maximum atomic E-state index is 11.4. The Morgan fingerprint density at radius 2 is 2.39 bits per heavy atom. The first-order valence-electron chi connectivity index (χ1n) is 5.59. The lowest BCUT2D eigenvalue weighted by atomic mass is 10.2. The standard InChI is InChI=1S/C11H14N4O2S/c1-3-15-10(17)13-14-11(15)18-9-8(7(2)16)5-4-6-12-9/h4-7,16H,3H2,1-2H3,(H,13,17). The average molecular weight is 266 g/mol. The lowest BCUT2D eigenvalue weighted by Gasteiger charge is -2.09. The van der Waals surface area contributed by atoms with Crippen LogP contribution in [0, 0.1) is 0 Å². The second-order valence-corrected chi connectivity index (χ2v) is 4.69. The van der Waals surface area contributed by atoms with Crippen LogP contribution in [0.1, 0.15) is 25.5 Å². The van der Waals surface area contributed by atoms with Gasteiger partial charge in [-0.25, -0.2) is 14.9 Å². The number of pyridine rings is 1. The molecule has 7 heteroatoms. The molecule has 0 saturated carbocycles. The van der Waals surface area contributed by atoms with Gasteiger partial charge in [-0.2, -0.15) is 0 Å². The summed E-state index contributed by atoms with van der Waals surface area (Å²) in [5.74, 6) is 0. The molecule has 2 aromatic heterocycles. The number of H-pyrrole nitrogens is 1. The fraction of sp³-hybridized carbons (Fsp3) is 0.364. The van der Waals surface area contributed by atoms with Crippen LogP contribution >= 0.6 is 11.8 Å². The SMILES string of the molecule is CCn1c(Sc2ncccc2C(C)O)n[nH]c1=O. The summed E-state index contributed by atoms with van der Waals surface area (Å²) >= 11 is 1.26. The summed E-state index contributed by atoms with van der Waals surface area (Å²) in [7, 11) is 0. The van der Waals surface area contributed by atoms with Gasteiger partial charge in [0.25, 0.3) is 0 Å². The Hall–Kier alpha value is -1.60. The highest BCUT2D eigenvalue weighted by Gasteiger charge is 2.14. The van der Waals surface area contributed by atoms with Crippen LogP contribution < -0.4 is 5.69 Å². The summed E-state index contributed by atoms with van der Waals surface area (Å²) in [6.07, 6.45) is 1.04. The molecule has 2 heterocycles. The third kappa shape index (κ3) is 2.46. The van der Waals surface area contributed by atoms with E-state index in [1.807, 2.05) is 6.92 Å². The molecular formula is C11H14N4O2S. The van der Waals surface area contributed by atoms with Crippen molar-refractivity contribution in [2.24, 2.45) is 0 Å². The van der Waals surface area contributed by atoms with Gasteiger partial charge in [0.1, 0.15) is 5.03 Å². The van der Waals surface area contributed by atoms with Crippen LogP contribution in [-0.4, -0.2) is 24.9 Å². The third-order valence-electron chi connectivity index (χ3n) is 2.48. The monoisotopic (exact) mass is 266 g/mol. The lowest BCUT2D eigenvalue weighted by Crippen LogP contribution is -2.16. The Bertz CT molecular complexity index is 591. The maximum Gasteiger partial charge on any atom is 0.343 e. The molecule has 2 N–H and O–H groups in total. The normalized spacial score (nSPS) is 12.6. The predicted molar refractivity (Wildman–Crippen MR) is 67.5 cm³/mol. The van der Waals surface area contributed by atoms with Crippen molar-refractivity contribution in [3.63, 3.8) is 0 Å². The molecule has 1 atom stereocenters. The minimum absolute atomic E-state index is 0.241. The molecule has 0 spiro atoms. The summed E-state index contributed by atoms with van der Waals surface area (Å²) in [4.78, 5) is 15.7. The summed E-state index contributed by atoms with van der Waals surface area (Å²) in [6, 6.07) is 3.57. The number of nitrogens with zero attached hydrogens (tertiary/aromatic N) is 3. The number of hydrogen-bond donors (Lipinski definition) is 2. The van der Waals surface area contributed by atoms with Crippen molar-refractivity contribution in [3.05, 3.63) is 34.4 Å². The number of rotatable bonds is 4. The molecule has 96 valence electrons. The van der Waals surface area contributed by atoms with Crippen LogP contribution in [0.5, 0.6) is 0 Å². The highest BCUT2D eigenvalue weighted by Crippen LogP contribution is 2.29. The molecule has 0 aromatic carbocycles. The van der Waals surface area contributed by atoms with Gasteiger partial charge >= 0.3 is 5.69 Å². The Kier molecular flexibility index (Phi) is 3.83. The molecule has 0 aliphatic rings. The first-order valence-corrected chi connectivity index (χ1v) is 6.41. The van der Waals surface area contributed by atoms with E-state index in [1.54, 1.807) is 25.3 Å². The fourth-order valence-corrected chi connectivity index (χ4v) is 2.61. The van der Waals surface area contributed by atoms with E-state index in [-0.39, 0.29) is 5.69 Å². The van der Waals surface area contributed by atoms with Gasteiger partial charge in [0.2, 0.25) is 0 Å². The Morgan fingerprint density at radius 1 is 1.61 bits per heavy atom. The first kappa shape index (κ1) is 12.8. The van der Waals surface area contributed by atoms with Crippen LogP contribution in [0.2, 0.25) is 0 Å². The topological polar surface area (TPSA) is 83.8 Å². The van der Waals surface area contributed by atoms with Gasteiger partial charge < -0.3 is 5.11 Å². The number of aliphatic hydroxyl groups excluding tert-OH is 1. The summed E-state index contributed by atoms with van der Waals surface area (Å²) in [6.45, 7) is 4.09. The third-order valence-corrected chi connectivity index (χ3v) is 3.51. The van der Waals surface area contributed by atoms with Crippen LogP contribution in [0.15, 0.2) is 33.3 Å². The highest BCUT2D eigenvalue weighted by molar-refractivity contribution is 7.99. The maximum absolute atomic E-state index is 11.4. The van der Waals surface area contributed by atoms with E-state index in [9.17, 15) is 9.90 Å². The molecule has 6 nitrogen and oxygen atoms in total. The van der Waals surface area contributed by atoms with E-state index >= 15 is 0 Å². The van der Waals surface area contributed by atoms with Gasteiger partial charge in [-0.3, -0.25) is 4.57 Å². The van der Waals surface area contributed by atoms with E-state index in [1.165, 1.54) is 16.3 Å². The van der Waals surface area contributed by atoms with Gasteiger partial charge in [0.05, 0.1) is 6.10 Å². The van der Waals surface area contributed by atoms with Gasteiger partial charge in [-0.15, -0.1) is 5.10 Å². The molecule has 0 aliphatic heterocycles. The zero-order valence-electron chi connectivity index (χ0n) is 10.1. The minimum Gasteiger partial charge on any atom is -0.389 e. The van der Waals surface area contributed by atoms with Crippen molar-refractivity contribution in [1.82, 2.24) is 19.7 Å². The van der Waals surface area contributed by atoms with Crippen molar-refractivity contribution >= 4 is 11.8 Å². The van der Waals surface area contributed by atoms with E-state index < -0.39 is 6.10 Å². The average Bonchev–Trinajstić information content (AvgIpc) is 2.70. The number of aromatic amines is 1. The molecule has 0 saturated heterocycles. The van der Waals surface area contributed by atoms with Gasteiger partial charge in [-0.1, -0.05) is 6.07 Å². The molecule has 0 radical (unpaired) electrons. The van der Waals surface area contributed by atoms with Gasteiger partial charge in [0.15, 0.2) is 5.16 Å². The molecule has 0 fully saturated rings. The van der Waals surface area contributed by atoms with Crippen molar-refractivity contribution in [2.45, 2.75) is 36.7 Å². The fourth-order valence-electron chi connectivity index (χ4n) is 1.55. The number of nitrogens with one attached hydrogen (secondary N) is 1. The minimum atomic E-state index is -0.609. The van der Waals surface area contributed by atoms with Crippen LogP contribution in [0.4, 0.5) is 0 Å². The highest BCUT2D eigenvalue weighted by atomic mass is 32.2. The van der Waals surface area contributed by atoms with E-state index in [2.05, 4.69) is 15.2 Å². The Morgan fingerprint density at radius 3 is 3.06 bits per heavy atom. The Labute approximate surface area is 108 Å². The molecule has 2 aromatic rings. The lowest BCUT2D eigenvalue weighted by molar-refractivity contribution is 0.195. The molecule has 18 heavy (non-hydrogen) atoms. The second kappa shape index (κ2) is 5.36. The summed E-state index contributed by atoms with van der Waals surface area (Å²) in [5.41, 5.74) is 0.482. The molecular weight excluding hydrogens is 252 g/mol. The quantitative estimate of drug-likeness (QED) is 0.868. The summed E-state index contributed by atoms with van der Waals surface area (Å²) in [5, 5.41) is 17.2. The zero-order chi connectivity index (χ0) is 13.1. The molecule has 2 rings (SSSR count). The second-order valence-electron chi connectivity index (χ2n) is 3.73. The first-order chi connectivity index (χ1) is 8.63. The van der Waals surface area contributed by atoms with E-state index in [0.717, 1.165) is 5.56 Å². The van der Waals surface area contributed by atoms with Crippen LogP contribution in [0.3, 0.4) is 0 Å². The van der Waals surface area contributed by atoms with Gasteiger partial charge in [-0.05, 0) is 31.7 Å². The smallest absolute Gasteiger partial charge is 0.343 e. The Balaban J connectivity index is 2.37. The van der Waals surface area contributed by atoms with Crippen molar-refractivity contribution < 1.29 is 5.11 Å². The van der Waals surface area contributed by atoms with Crippen LogP contribution in [-0.2, 0) is 6.54 Å². The van der Waals surface area contributed by atoms with Crippen molar-refractivity contribution in [1.29, 1.82) is 0 Å². The largest absolute Gasteiger partial charge is 0.389 e. The zero-order valence-corrected chi connectivity index (χ0v) is 10.9. The predicted octanol–water partition coefficient (Wildman–Crippen LogP) is 1.19. The van der Waals surface area contributed by atoms with Crippen molar-refractivity contribution in [3.8, 4) is 0 Å². The molecule has 0 amide bonds. The summed E-state index contributed by atoms with van der Waals surface area (Å²) < 4.78 is 1.52. The van der Waals surface area contributed by atoms with Crippen LogP contribution in [0.25, 0.3) is 0 Å². The van der Waals surface area contributed by atoms with E-state index in [0.29, 0.717) is 16.7 Å². The number of aromatic nitrogens is 4. The molecule has 0 aliphatic carbocycles. The number of aliphatic hydroxyl groups is 1. The van der Waals surface area contributed by atoms with E-state index in [4.69, 9.17) is 0 Å². The molecule has 0 bridgehead atoms. The van der Waals surface area contributed by atoms with Crippen molar-refractivity contribution in [2.75, 3.05) is 0 Å². The number of hydrogen-bond acceptors (Lipinski definition) is 5.